The molecule has 0 saturated carbocycles. The van der Waals surface area contributed by atoms with Gasteiger partial charge in [0.2, 0.25) is 0 Å². The van der Waals surface area contributed by atoms with Crippen molar-refractivity contribution in [3.8, 4) is 0 Å². The quantitative estimate of drug-likeness (QED) is 0.834. The Bertz CT molecular complexity index is 745. The molecule has 1 amide bonds. The summed E-state index contributed by atoms with van der Waals surface area (Å²) >= 11 is 11.8. The Morgan fingerprint density at radius 1 is 1.17 bits per heavy atom. The molecular weight excluding hydrogens is 344 g/mol. The molecule has 0 heterocycles. The van der Waals surface area contributed by atoms with Crippen molar-refractivity contribution >= 4 is 40.8 Å². The van der Waals surface area contributed by atoms with Crippen LogP contribution in [0.1, 0.15) is 15.9 Å². The van der Waals surface area contributed by atoms with Gasteiger partial charge in [-0.15, -0.1) is 0 Å². The highest BCUT2D eigenvalue weighted by Crippen LogP contribution is 2.25. The van der Waals surface area contributed by atoms with Gasteiger partial charge in [0.05, 0.1) is 21.3 Å². The second-order valence-electron chi connectivity index (χ2n) is 4.68. The fraction of sp³-hybridized carbons (Fsp3) is 0.125. The van der Waals surface area contributed by atoms with Crippen LogP contribution in [0.4, 0.5) is 10.1 Å². The second kappa shape index (κ2) is 7.44. The molecule has 120 valence electrons. The molecule has 0 saturated heterocycles. The summed E-state index contributed by atoms with van der Waals surface area (Å²) in [5, 5.41) is 2.97. The Labute approximate surface area is 142 Å². The number of nitrogens with one attached hydrogen (secondary N) is 1. The lowest BCUT2D eigenvalue weighted by molar-refractivity contribution is -0.119. The first kappa shape index (κ1) is 17.2. The van der Waals surface area contributed by atoms with E-state index in [1.807, 2.05) is 0 Å². The molecule has 0 aromatic heterocycles. The van der Waals surface area contributed by atoms with E-state index >= 15 is 0 Å². The number of carbonyl (C=O) groups is 2. The Hall–Kier alpha value is -2.11. The third-order valence-electron chi connectivity index (χ3n) is 2.97. The van der Waals surface area contributed by atoms with Gasteiger partial charge >= 0.3 is 5.97 Å². The van der Waals surface area contributed by atoms with Crippen LogP contribution in [-0.2, 0) is 9.53 Å². The lowest BCUT2D eigenvalue weighted by atomic mass is 10.2. The van der Waals surface area contributed by atoms with Crippen LogP contribution in [0.5, 0.6) is 0 Å². The summed E-state index contributed by atoms with van der Waals surface area (Å²) in [6.45, 7) is 1.23. The molecule has 2 rings (SSSR count). The zero-order valence-electron chi connectivity index (χ0n) is 12.0. The van der Waals surface area contributed by atoms with Crippen LogP contribution >= 0.6 is 23.2 Å². The number of ether oxygens (including phenoxy) is 1. The van der Waals surface area contributed by atoms with E-state index in [-0.39, 0.29) is 10.6 Å². The summed E-state index contributed by atoms with van der Waals surface area (Å²) in [7, 11) is 0. The molecule has 0 aliphatic carbocycles. The van der Waals surface area contributed by atoms with Gasteiger partial charge < -0.3 is 10.1 Å². The molecule has 2 aromatic carbocycles. The molecule has 1 N–H and O–H groups in total. The first-order chi connectivity index (χ1) is 10.9. The van der Waals surface area contributed by atoms with E-state index in [0.29, 0.717) is 10.7 Å². The van der Waals surface area contributed by atoms with Crippen LogP contribution in [0, 0.1) is 12.7 Å². The van der Waals surface area contributed by atoms with Crippen LogP contribution in [0.3, 0.4) is 0 Å². The normalized spacial score (nSPS) is 10.3. The number of hydrogen-bond donors (Lipinski definition) is 1. The number of anilines is 1. The monoisotopic (exact) mass is 355 g/mol. The van der Waals surface area contributed by atoms with E-state index in [4.69, 9.17) is 27.9 Å². The van der Waals surface area contributed by atoms with E-state index in [1.54, 1.807) is 25.1 Å². The van der Waals surface area contributed by atoms with Gasteiger partial charge in [-0.1, -0.05) is 35.3 Å². The minimum absolute atomic E-state index is 0.0405. The lowest BCUT2D eigenvalue weighted by Crippen LogP contribution is -2.21. The molecule has 0 radical (unpaired) electrons. The maximum atomic E-state index is 13.1. The zero-order valence-corrected chi connectivity index (χ0v) is 13.5. The van der Waals surface area contributed by atoms with Gasteiger partial charge in [0.25, 0.3) is 5.91 Å². The molecule has 4 nitrogen and oxygen atoms in total. The maximum absolute atomic E-state index is 13.1. The first-order valence-corrected chi connectivity index (χ1v) is 7.31. The largest absolute Gasteiger partial charge is 0.452 e. The SMILES string of the molecule is Cc1cccc(Cl)c1NC(=O)COC(=O)c1cc(F)ccc1Cl. The number of halogens is 3. The molecule has 0 spiro atoms. The van der Waals surface area contributed by atoms with Gasteiger partial charge in [-0.05, 0) is 36.8 Å². The molecule has 0 fully saturated rings. The number of rotatable bonds is 4. The molecule has 0 aliphatic rings. The number of carbonyl (C=O) groups excluding carboxylic acids is 2. The summed E-state index contributed by atoms with van der Waals surface area (Å²) < 4.78 is 18.0. The Kier molecular flexibility index (Phi) is 5.58. The Balaban J connectivity index is 1.99. The third kappa shape index (κ3) is 4.43. The van der Waals surface area contributed by atoms with E-state index < -0.39 is 24.3 Å². The average molecular weight is 356 g/mol. The lowest BCUT2D eigenvalue weighted by Gasteiger charge is -2.11. The van der Waals surface area contributed by atoms with Gasteiger partial charge in [-0.25, -0.2) is 9.18 Å². The smallest absolute Gasteiger partial charge is 0.340 e. The van der Waals surface area contributed by atoms with Crippen molar-refractivity contribution in [2.45, 2.75) is 6.92 Å². The maximum Gasteiger partial charge on any atom is 0.340 e. The van der Waals surface area contributed by atoms with E-state index in [0.717, 1.165) is 17.7 Å². The number of amides is 1. The van der Waals surface area contributed by atoms with Gasteiger partial charge in [0, 0.05) is 0 Å². The predicted molar refractivity (Wildman–Crippen MR) is 86.5 cm³/mol. The average Bonchev–Trinajstić information content (AvgIpc) is 2.51. The Morgan fingerprint density at radius 2 is 1.91 bits per heavy atom. The fourth-order valence-corrected chi connectivity index (χ4v) is 2.29. The summed E-state index contributed by atoms with van der Waals surface area (Å²) in [5.41, 5.74) is 1.07. The summed E-state index contributed by atoms with van der Waals surface area (Å²) in [4.78, 5) is 23.7. The van der Waals surface area contributed by atoms with Crippen LogP contribution in [0.15, 0.2) is 36.4 Å². The zero-order chi connectivity index (χ0) is 17.0. The molecule has 2 aromatic rings. The topological polar surface area (TPSA) is 55.4 Å². The summed E-state index contributed by atoms with van der Waals surface area (Å²) in [6.07, 6.45) is 0. The van der Waals surface area contributed by atoms with Crippen molar-refractivity contribution in [3.05, 3.63) is 63.4 Å². The third-order valence-corrected chi connectivity index (χ3v) is 3.61. The van der Waals surface area contributed by atoms with E-state index in [2.05, 4.69) is 5.32 Å². The highest BCUT2D eigenvalue weighted by molar-refractivity contribution is 6.34. The van der Waals surface area contributed by atoms with E-state index in [9.17, 15) is 14.0 Å². The second-order valence-corrected chi connectivity index (χ2v) is 5.49. The molecule has 0 unspecified atom stereocenters. The van der Waals surface area contributed by atoms with Crippen LogP contribution < -0.4 is 5.32 Å². The van der Waals surface area contributed by atoms with Crippen molar-refractivity contribution in [1.82, 2.24) is 0 Å². The molecule has 0 bridgehead atoms. The van der Waals surface area contributed by atoms with Crippen molar-refractivity contribution in [3.63, 3.8) is 0 Å². The molecule has 23 heavy (non-hydrogen) atoms. The van der Waals surface area contributed by atoms with Crippen molar-refractivity contribution in [2.24, 2.45) is 0 Å². The minimum atomic E-state index is -0.888. The predicted octanol–water partition coefficient (Wildman–Crippen LogP) is 4.24. The van der Waals surface area contributed by atoms with Gasteiger partial charge in [-0.2, -0.15) is 0 Å². The van der Waals surface area contributed by atoms with Crippen LogP contribution in [-0.4, -0.2) is 18.5 Å². The number of benzene rings is 2. The number of para-hydroxylation sites is 1. The van der Waals surface area contributed by atoms with Gasteiger partial charge in [0.15, 0.2) is 6.61 Å². The number of esters is 1. The summed E-state index contributed by atoms with van der Waals surface area (Å²) in [6, 6.07) is 8.45. The van der Waals surface area contributed by atoms with Crippen LogP contribution in [0.25, 0.3) is 0 Å². The van der Waals surface area contributed by atoms with E-state index in [1.165, 1.54) is 6.07 Å². The summed E-state index contributed by atoms with van der Waals surface area (Å²) in [5.74, 6) is -2.08. The van der Waals surface area contributed by atoms with Crippen molar-refractivity contribution in [1.29, 1.82) is 0 Å². The number of aryl methyl sites for hydroxylation is 1. The molecular formula is C16H12Cl2FNO3. The first-order valence-electron chi connectivity index (χ1n) is 6.55. The van der Waals surface area contributed by atoms with Crippen molar-refractivity contribution < 1.29 is 18.7 Å². The molecule has 0 atom stereocenters. The van der Waals surface area contributed by atoms with Crippen LogP contribution in [0.2, 0.25) is 10.0 Å². The Morgan fingerprint density at radius 3 is 2.61 bits per heavy atom. The van der Waals surface area contributed by atoms with Crippen molar-refractivity contribution in [2.75, 3.05) is 11.9 Å². The fourth-order valence-electron chi connectivity index (χ4n) is 1.83. The number of hydrogen-bond acceptors (Lipinski definition) is 3. The minimum Gasteiger partial charge on any atom is -0.452 e. The molecule has 0 aliphatic heterocycles. The highest BCUT2D eigenvalue weighted by Gasteiger charge is 2.15. The highest BCUT2D eigenvalue weighted by atomic mass is 35.5. The standard InChI is InChI=1S/C16H12Cl2FNO3/c1-9-3-2-4-13(18)15(9)20-14(21)8-23-16(22)11-7-10(19)5-6-12(11)17/h2-7H,8H2,1H3,(H,20,21). The van der Waals surface area contributed by atoms with Gasteiger partial charge in [-0.3, -0.25) is 4.79 Å². The van der Waals surface area contributed by atoms with Gasteiger partial charge in [0.1, 0.15) is 5.82 Å². The molecule has 7 heteroatoms.